The average Bonchev–Trinajstić information content (AvgIpc) is 2.52. The molecule has 28 heavy (non-hydrogen) atoms. The number of halogens is 3. The number of nitrogens with one attached hydrogen (secondary N) is 1. The second-order valence-corrected chi connectivity index (χ2v) is 6.84. The van der Waals surface area contributed by atoms with Crippen LogP contribution in [0.4, 0.5) is 23.7 Å². The Balaban J connectivity index is 2.07. The summed E-state index contributed by atoms with van der Waals surface area (Å²) < 4.78 is 51.6. The molecule has 9 heteroatoms. The molecule has 6 nitrogen and oxygen atoms in total. The number of carbonyl (C=O) groups is 1. The van der Waals surface area contributed by atoms with E-state index in [4.69, 9.17) is 15.2 Å². The summed E-state index contributed by atoms with van der Waals surface area (Å²) in [5.74, 6) is 0.0872. The second kappa shape index (κ2) is 8.28. The molecule has 1 amide bonds. The number of rotatable bonds is 5. The smallest absolute Gasteiger partial charge is 0.457 e. The molecular weight excluding hydrogens is 377 g/mol. The van der Waals surface area contributed by atoms with Gasteiger partial charge in [-0.3, -0.25) is 0 Å². The van der Waals surface area contributed by atoms with E-state index in [1.165, 1.54) is 18.2 Å². The zero-order valence-corrected chi connectivity index (χ0v) is 15.6. The highest BCUT2D eigenvalue weighted by Gasteiger charge is 2.31. The molecule has 0 saturated heterocycles. The Hall–Kier alpha value is -3.10. The van der Waals surface area contributed by atoms with Crippen LogP contribution in [0.25, 0.3) is 0 Å². The zero-order chi connectivity index (χ0) is 20.9. The number of amides is 1. The van der Waals surface area contributed by atoms with Crippen molar-refractivity contribution in [2.45, 2.75) is 39.3 Å². The number of anilines is 1. The van der Waals surface area contributed by atoms with E-state index >= 15 is 0 Å². The molecule has 3 N–H and O–H groups in total. The van der Waals surface area contributed by atoms with E-state index in [0.717, 1.165) is 6.07 Å². The number of carbonyl (C=O) groups excluding carboxylic acids is 1. The van der Waals surface area contributed by atoms with Gasteiger partial charge in [-0.2, -0.15) is 0 Å². The molecule has 0 spiro atoms. The number of hydrogen-bond acceptors (Lipinski definition) is 5. The summed E-state index contributed by atoms with van der Waals surface area (Å²) in [6, 6.07) is 9.84. The first-order valence-corrected chi connectivity index (χ1v) is 8.30. The van der Waals surface area contributed by atoms with Crippen molar-refractivity contribution in [2.24, 2.45) is 0 Å². The Bertz CT molecular complexity index is 833. The summed E-state index contributed by atoms with van der Waals surface area (Å²) in [6.07, 6.45) is -5.39. The van der Waals surface area contributed by atoms with Crippen molar-refractivity contribution < 1.29 is 32.2 Å². The van der Waals surface area contributed by atoms with Gasteiger partial charge >= 0.3 is 12.5 Å². The molecule has 0 aromatic heterocycles. The average molecular weight is 398 g/mol. The number of hydrogen-bond donors (Lipinski definition) is 2. The lowest BCUT2D eigenvalue weighted by atomic mass is 10.1. The maximum Gasteiger partial charge on any atom is 0.573 e. The van der Waals surface area contributed by atoms with Crippen molar-refractivity contribution >= 4 is 11.8 Å². The lowest BCUT2D eigenvalue weighted by molar-refractivity contribution is -0.274. The molecule has 0 bridgehead atoms. The summed E-state index contributed by atoms with van der Waals surface area (Å²) in [5.41, 5.74) is 6.24. The summed E-state index contributed by atoms with van der Waals surface area (Å²) in [7, 11) is 0. The first-order valence-electron chi connectivity index (χ1n) is 8.30. The van der Waals surface area contributed by atoms with Gasteiger partial charge < -0.3 is 25.3 Å². The third kappa shape index (κ3) is 7.26. The Kier molecular flexibility index (Phi) is 6.27. The van der Waals surface area contributed by atoms with Crippen molar-refractivity contribution in [2.75, 3.05) is 5.73 Å². The lowest BCUT2D eigenvalue weighted by Gasteiger charge is -2.20. The molecule has 0 atom stereocenters. The monoisotopic (exact) mass is 398 g/mol. The molecule has 0 aliphatic carbocycles. The number of alkyl halides is 3. The third-order valence-corrected chi connectivity index (χ3v) is 3.21. The first kappa shape index (κ1) is 21.2. The minimum Gasteiger partial charge on any atom is -0.457 e. The summed E-state index contributed by atoms with van der Waals surface area (Å²) >= 11 is 0. The maximum atomic E-state index is 12.3. The normalized spacial score (nSPS) is 11.6. The highest BCUT2D eigenvalue weighted by atomic mass is 19.4. The van der Waals surface area contributed by atoms with E-state index < -0.39 is 23.8 Å². The van der Waals surface area contributed by atoms with Gasteiger partial charge in [-0.05, 0) is 56.7 Å². The Labute approximate surface area is 160 Å². The van der Waals surface area contributed by atoms with Gasteiger partial charge in [0.25, 0.3) is 0 Å². The number of nitrogen functional groups attached to an aromatic ring is 1. The SMILES string of the molecule is CC(C)(C)OC(=O)NCc1cc(Oc2cccc(OC(F)(F)F)c2)ccc1N. The molecule has 0 heterocycles. The Morgan fingerprint density at radius 1 is 1.04 bits per heavy atom. The Morgan fingerprint density at radius 3 is 2.32 bits per heavy atom. The van der Waals surface area contributed by atoms with E-state index in [0.29, 0.717) is 17.0 Å². The van der Waals surface area contributed by atoms with Crippen LogP contribution in [0.3, 0.4) is 0 Å². The second-order valence-electron chi connectivity index (χ2n) is 6.84. The molecule has 2 aromatic carbocycles. The number of alkyl carbamates (subject to hydrolysis) is 1. The van der Waals surface area contributed by atoms with Crippen LogP contribution in [0.15, 0.2) is 42.5 Å². The summed E-state index contributed by atoms with van der Waals surface area (Å²) in [6.45, 7) is 5.32. The highest BCUT2D eigenvalue weighted by Crippen LogP contribution is 2.30. The van der Waals surface area contributed by atoms with Gasteiger partial charge in [0.2, 0.25) is 0 Å². The van der Waals surface area contributed by atoms with Gasteiger partial charge in [-0.25, -0.2) is 4.79 Å². The van der Waals surface area contributed by atoms with Crippen molar-refractivity contribution in [3.8, 4) is 17.2 Å². The molecule has 152 valence electrons. The fourth-order valence-electron chi connectivity index (χ4n) is 2.15. The van der Waals surface area contributed by atoms with E-state index in [1.54, 1.807) is 39.0 Å². The van der Waals surface area contributed by atoms with E-state index in [1.807, 2.05) is 0 Å². The van der Waals surface area contributed by atoms with Crippen LogP contribution in [-0.2, 0) is 11.3 Å². The fourth-order valence-corrected chi connectivity index (χ4v) is 2.15. The predicted octanol–water partition coefficient (Wildman–Crippen LogP) is 4.98. The third-order valence-electron chi connectivity index (χ3n) is 3.21. The van der Waals surface area contributed by atoms with Crippen molar-refractivity contribution in [3.05, 3.63) is 48.0 Å². The molecule has 0 aliphatic rings. The molecule has 0 aliphatic heterocycles. The van der Waals surface area contributed by atoms with E-state index in [2.05, 4.69) is 10.1 Å². The highest BCUT2D eigenvalue weighted by molar-refractivity contribution is 5.68. The van der Waals surface area contributed by atoms with E-state index in [9.17, 15) is 18.0 Å². The number of nitrogens with two attached hydrogens (primary N) is 1. The minimum atomic E-state index is -4.79. The van der Waals surface area contributed by atoms with Gasteiger partial charge in [-0.1, -0.05) is 6.07 Å². The summed E-state index contributed by atoms with van der Waals surface area (Å²) in [4.78, 5) is 11.8. The van der Waals surface area contributed by atoms with Crippen LogP contribution in [-0.4, -0.2) is 18.1 Å². The van der Waals surface area contributed by atoms with Crippen LogP contribution in [0, 0.1) is 0 Å². The molecule has 2 aromatic rings. The van der Waals surface area contributed by atoms with Crippen molar-refractivity contribution in [1.82, 2.24) is 5.32 Å². The van der Waals surface area contributed by atoms with Crippen LogP contribution in [0.1, 0.15) is 26.3 Å². The van der Waals surface area contributed by atoms with Crippen LogP contribution in [0.2, 0.25) is 0 Å². The Morgan fingerprint density at radius 2 is 1.68 bits per heavy atom. The molecule has 0 saturated carbocycles. The number of benzene rings is 2. The quantitative estimate of drug-likeness (QED) is 0.694. The zero-order valence-electron chi connectivity index (χ0n) is 15.6. The first-order chi connectivity index (χ1) is 12.9. The van der Waals surface area contributed by atoms with Crippen molar-refractivity contribution in [1.29, 1.82) is 0 Å². The topological polar surface area (TPSA) is 82.8 Å². The molecule has 0 fully saturated rings. The minimum absolute atomic E-state index is 0.0924. The van der Waals surface area contributed by atoms with Gasteiger partial charge in [0.05, 0.1) is 0 Å². The largest absolute Gasteiger partial charge is 0.573 e. The van der Waals surface area contributed by atoms with Crippen LogP contribution < -0.4 is 20.5 Å². The van der Waals surface area contributed by atoms with Gasteiger partial charge in [0.15, 0.2) is 0 Å². The predicted molar refractivity (Wildman–Crippen MR) is 97.1 cm³/mol. The van der Waals surface area contributed by atoms with Crippen LogP contribution in [0.5, 0.6) is 17.2 Å². The fraction of sp³-hybridized carbons (Fsp3) is 0.316. The summed E-state index contributed by atoms with van der Waals surface area (Å²) in [5, 5.41) is 2.58. The molecular formula is C19H21F3N2O4. The lowest BCUT2D eigenvalue weighted by Crippen LogP contribution is -2.32. The molecule has 0 radical (unpaired) electrons. The number of ether oxygens (including phenoxy) is 3. The van der Waals surface area contributed by atoms with E-state index in [-0.39, 0.29) is 12.3 Å². The molecule has 0 unspecified atom stereocenters. The van der Waals surface area contributed by atoms with Gasteiger partial charge in [-0.15, -0.1) is 13.2 Å². The molecule has 2 rings (SSSR count). The van der Waals surface area contributed by atoms with Crippen molar-refractivity contribution in [3.63, 3.8) is 0 Å². The van der Waals surface area contributed by atoms with Crippen LogP contribution >= 0.6 is 0 Å². The standard InChI is InChI=1S/C19H21F3N2O4/c1-18(2,3)28-17(25)24-11-12-9-14(7-8-16(12)23)26-13-5-4-6-15(10-13)27-19(20,21)22/h4-10H,11,23H2,1-3H3,(H,24,25). The maximum absolute atomic E-state index is 12.3. The van der Waals surface area contributed by atoms with Gasteiger partial charge in [0, 0.05) is 18.3 Å². The van der Waals surface area contributed by atoms with Gasteiger partial charge in [0.1, 0.15) is 22.8 Å².